The van der Waals surface area contributed by atoms with Gasteiger partial charge in [0, 0.05) is 4.47 Å². The summed E-state index contributed by atoms with van der Waals surface area (Å²) in [7, 11) is 0. The van der Waals surface area contributed by atoms with E-state index in [1.807, 2.05) is 36.4 Å². The molecule has 0 amide bonds. The van der Waals surface area contributed by atoms with Gasteiger partial charge in [-0.05, 0) is 42.3 Å². The highest BCUT2D eigenvalue weighted by Crippen LogP contribution is 2.24. The van der Waals surface area contributed by atoms with Crippen molar-refractivity contribution in [2.75, 3.05) is 6.61 Å². The normalized spacial score (nSPS) is 11.9. The van der Waals surface area contributed by atoms with Crippen molar-refractivity contribution in [3.8, 4) is 16.9 Å². The Morgan fingerprint density at radius 2 is 1.58 bits per heavy atom. The predicted molar refractivity (Wildman–Crippen MR) is 80.3 cm³/mol. The first kappa shape index (κ1) is 13.7. The third-order valence-corrected chi connectivity index (χ3v) is 3.23. The highest BCUT2D eigenvalue weighted by molar-refractivity contribution is 9.10. The summed E-state index contributed by atoms with van der Waals surface area (Å²) in [4.78, 5) is 10.3. The minimum absolute atomic E-state index is 0.307. The second-order valence-electron chi connectivity index (χ2n) is 4.30. The molecule has 1 atom stereocenters. The topological polar surface area (TPSA) is 38.7 Å². The number of hydrogen-bond acceptors (Lipinski definition) is 3. The van der Waals surface area contributed by atoms with Gasteiger partial charge in [0.1, 0.15) is 18.4 Å². The number of halogens is 1. The fourth-order valence-corrected chi connectivity index (χ4v) is 1.90. The van der Waals surface area contributed by atoms with Crippen molar-refractivity contribution in [3.63, 3.8) is 0 Å². The monoisotopic (exact) mass is 319 g/mol. The molecule has 4 heteroatoms. The minimum atomic E-state index is -0.328. The SMILES string of the molecule is CC(COc1ccc(-c2ccc(Br)cc2)cc1)N=O. The summed E-state index contributed by atoms with van der Waals surface area (Å²) < 4.78 is 6.53. The van der Waals surface area contributed by atoms with Crippen LogP contribution in [0.2, 0.25) is 0 Å². The molecule has 0 saturated heterocycles. The number of rotatable bonds is 5. The van der Waals surface area contributed by atoms with Crippen molar-refractivity contribution >= 4 is 15.9 Å². The van der Waals surface area contributed by atoms with E-state index < -0.39 is 0 Å². The van der Waals surface area contributed by atoms with Gasteiger partial charge in [-0.25, -0.2) is 0 Å². The number of ether oxygens (including phenoxy) is 1. The summed E-state index contributed by atoms with van der Waals surface area (Å²) in [5.74, 6) is 0.747. The molecule has 2 aromatic carbocycles. The molecule has 3 nitrogen and oxygen atoms in total. The van der Waals surface area contributed by atoms with E-state index in [0.29, 0.717) is 6.61 Å². The Bertz CT molecular complexity index is 537. The van der Waals surface area contributed by atoms with E-state index in [2.05, 4.69) is 33.2 Å². The molecule has 0 spiro atoms. The molecule has 0 bridgehead atoms. The highest BCUT2D eigenvalue weighted by atomic mass is 79.9. The Morgan fingerprint density at radius 3 is 2.11 bits per heavy atom. The molecule has 98 valence electrons. The Hall–Kier alpha value is -1.68. The summed E-state index contributed by atoms with van der Waals surface area (Å²) in [6.07, 6.45) is 0. The van der Waals surface area contributed by atoms with E-state index >= 15 is 0 Å². The van der Waals surface area contributed by atoms with Crippen LogP contribution in [0.15, 0.2) is 58.2 Å². The zero-order chi connectivity index (χ0) is 13.7. The van der Waals surface area contributed by atoms with Crippen LogP contribution in [0.3, 0.4) is 0 Å². The first-order chi connectivity index (χ1) is 9.19. The van der Waals surface area contributed by atoms with Crippen LogP contribution in [-0.2, 0) is 0 Å². The number of nitroso groups, excluding NO2 is 1. The quantitative estimate of drug-likeness (QED) is 0.752. The van der Waals surface area contributed by atoms with Crippen LogP contribution in [0.5, 0.6) is 5.75 Å². The third kappa shape index (κ3) is 3.89. The summed E-state index contributed by atoms with van der Waals surface area (Å²) >= 11 is 3.42. The number of benzene rings is 2. The lowest BCUT2D eigenvalue weighted by Gasteiger charge is -2.08. The molecular formula is C15H14BrNO2. The van der Waals surface area contributed by atoms with Crippen LogP contribution in [-0.4, -0.2) is 12.6 Å². The van der Waals surface area contributed by atoms with E-state index in [4.69, 9.17) is 4.74 Å². The largest absolute Gasteiger partial charge is 0.491 e. The summed E-state index contributed by atoms with van der Waals surface area (Å²) in [6.45, 7) is 2.03. The van der Waals surface area contributed by atoms with Gasteiger partial charge in [-0.2, -0.15) is 4.91 Å². The Morgan fingerprint density at radius 1 is 1.05 bits per heavy atom. The van der Waals surface area contributed by atoms with Crippen LogP contribution in [0.1, 0.15) is 6.92 Å². The van der Waals surface area contributed by atoms with Crippen molar-refractivity contribution < 1.29 is 4.74 Å². The summed E-state index contributed by atoms with van der Waals surface area (Å²) in [6, 6.07) is 15.6. The van der Waals surface area contributed by atoms with Gasteiger partial charge in [-0.15, -0.1) is 0 Å². The average molecular weight is 320 g/mol. The summed E-state index contributed by atoms with van der Waals surface area (Å²) in [5, 5.41) is 2.90. The molecule has 0 aromatic heterocycles. The van der Waals surface area contributed by atoms with Crippen molar-refractivity contribution in [2.45, 2.75) is 13.0 Å². The number of nitrogens with zero attached hydrogens (tertiary/aromatic N) is 1. The van der Waals surface area contributed by atoms with Gasteiger partial charge in [-0.3, -0.25) is 0 Å². The molecule has 1 unspecified atom stereocenters. The maximum absolute atomic E-state index is 10.3. The standard InChI is InChI=1S/C15H14BrNO2/c1-11(17-18)10-19-15-8-4-13(5-9-15)12-2-6-14(16)7-3-12/h2-9,11H,10H2,1H3. The molecule has 2 rings (SSSR count). The second kappa shape index (κ2) is 6.48. The van der Waals surface area contributed by atoms with E-state index in [0.717, 1.165) is 21.3 Å². The van der Waals surface area contributed by atoms with Gasteiger partial charge in [0.15, 0.2) is 0 Å². The molecule has 0 aliphatic heterocycles. The lowest BCUT2D eigenvalue weighted by Crippen LogP contribution is -2.10. The fourth-order valence-electron chi connectivity index (χ4n) is 1.63. The van der Waals surface area contributed by atoms with Gasteiger partial charge >= 0.3 is 0 Å². The first-order valence-electron chi connectivity index (χ1n) is 6.00. The van der Waals surface area contributed by atoms with Gasteiger partial charge < -0.3 is 4.74 Å². The van der Waals surface area contributed by atoms with Crippen LogP contribution in [0.4, 0.5) is 0 Å². The first-order valence-corrected chi connectivity index (χ1v) is 6.79. The Labute approximate surface area is 120 Å². The lowest BCUT2D eigenvalue weighted by atomic mass is 10.1. The van der Waals surface area contributed by atoms with Gasteiger partial charge in [0.2, 0.25) is 0 Å². The fraction of sp³-hybridized carbons (Fsp3) is 0.200. The van der Waals surface area contributed by atoms with Crippen LogP contribution >= 0.6 is 15.9 Å². The average Bonchev–Trinajstić information content (AvgIpc) is 2.46. The van der Waals surface area contributed by atoms with Crippen LogP contribution in [0, 0.1) is 4.91 Å². The van der Waals surface area contributed by atoms with Crippen molar-refractivity contribution in [2.24, 2.45) is 5.18 Å². The highest BCUT2D eigenvalue weighted by Gasteiger charge is 2.03. The maximum atomic E-state index is 10.3. The van der Waals surface area contributed by atoms with Gasteiger partial charge in [0.25, 0.3) is 0 Å². The molecule has 0 N–H and O–H groups in total. The molecule has 0 fully saturated rings. The Balaban J connectivity index is 2.05. The van der Waals surface area contributed by atoms with Gasteiger partial charge in [0.05, 0.1) is 0 Å². The molecule has 19 heavy (non-hydrogen) atoms. The minimum Gasteiger partial charge on any atom is -0.491 e. The predicted octanol–water partition coefficient (Wildman–Crippen LogP) is 4.65. The molecule has 0 heterocycles. The molecule has 0 radical (unpaired) electrons. The van der Waals surface area contributed by atoms with E-state index in [-0.39, 0.29) is 6.04 Å². The van der Waals surface area contributed by atoms with E-state index in [9.17, 15) is 4.91 Å². The third-order valence-electron chi connectivity index (χ3n) is 2.70. The zero-order valence-corrected chi connectivity index (χ0v) is 12.1. The van der Waals surface area contributed by atoms with E-state index in [1.54, 1.807) is 6.92 Å². The molecule has 2 aromatic rings. The maximum Gasteiger partial charge on any atom is 0.123 e. The molecule has 0 aliphatic carbocycles. The van der Waals surface area contributed by atoms with Crippen molar-refractivity contribution in [1.82, 2.24) is 0 Å². The Kier molecular flexibility index (Phi) is 4.68. The smallest absolute Gasteiger partial charge is 0.123 e. The second-order valence-corrected chi connectivity index (χ2v) is 5.21. The number of hydrogen-bond donors (Lipinski definition) is 0. The zero-order valence-electron chi connectivity index (χ0n) is 10.5. The van der Waals surface area contributed by atoms with E-state index in [1.165, 1.54) is 0 Å². The molecular weight excluding hydrogens is 306 g/mol. The molecule has 0 aliphatic rings. The summed E-state index contributed by atoms with van der Waals surface area (Å²) in [5.41, 5.74) is 2.28. The van der Waals surface area contributed by atoms with Crippen molar-refractivity contribution in [3.05, 3.63) is 57.9 Å². The van der Waals surface area contributed by atoms with Crippen LogP contribution < -0.4 is 4.74 Å². The molecule has 0 saturated carbocycles. The van der Waals surface area contributed by atoms with Crippen molar-refractivity contribution in [1.29, 1.82) is 0 Å². The van der Waals surface area contributed by atoms with Crippen LogP contribution in [0.25, 0.3) is 11.1 Å². The van der Waals surface area contributed by atoms with Gasteiger partial charge in [-0.1, -0.05) is 45.4 Å². The lowest BCUT2D eigenvalue weighted by molar-refractivity contribution is 0.296.